The predicted octanol–water partition coefficient (Wildman–Crippen LogP) is 3.05. The van der Waals surface area contributed by atoms with Crippen molar-refractivity contribution in [2.45, 2.75) is 46.6 Å². The molecule has 1 heterocycles. The summed E-state index contributed by atoms with van der Waals surface area (Å²) in [6.45, 7) is 13.4. The lowest BCUT2D eigenvalue weighted by Gasteiger charge is -2.40. The van der Waals surface area contributed by atoms with Crippen molar-refractivity contribution in [1.29, 1.82) is 0 Å². The maximum absolute atomic E-state index is 12.9. The molecule has 1 atom stereocenters. The van der Waals surface area contributed by atoms with Gasteiger partial charge in [-0.25, -0.2) is 0 Å². The Morgan fingerprint density at radius 1 is 1.13 bits per heavy atom. The molecule has 1 aliphatic rings. The zero-order valence-corrected chi connectivity index (χ0v) is 15.1. The maximum Gasteiger partial charge on any atom is 0.243 e. The van der Waals surface area contributed by atoms with Gasteiger partial charge in [-0.15, -0.1) is 0 Å². The third-order valence-electron chi connectivity index (χ3n) is 4.66. The van der Waals surface area contributed by atoms with Gasteiger partial charge in [-0.05, 0) is 50.9 Å². The smallest absolute Gasteiger partial charge is 0.243 e. The van der Waals surface area contributed by atoms with Crippen LogP contribution >= 0.6 is 0 Å². The summed E-state index contributed by atoms with van der Waals surface area (Å²) in [7, 11) is 0. The van der Waals surface area contributed by atoms with Crippen LogP contribution in [0.2, 0.25) is 0 Å². The van der Waals surface area contributed by atoms with Crippen LogP contribution in [0.3, 0.4) is 0 Å². The second kappa shape index (κ2) is 8.46. The lowest BCUT2D eigenvalue weighted by molar-refractivity contribution is -0.123. The first kappa shape index (κ1) is 18.0. The molecular weight excluding hydrogens is 286 g/mol. The summed E-state index contributed by atoms with van der Waals surface area (Å²) in [6.07, 6.45) is 2.22. The van der Waals surface area contributed by atoms with Gasteiger partial charge in [0.05, 0.1) is 0 Å². The van der Waals surface area contributed by atoms with E-state index in [0.29, 0.717) is 0 Å². The van der Waals surface area contributed by atoms with Gasteiger partial charge < -0.3 is 5.32 Å². The van der Waals surface area contributed by atoms with Crippen molar-refractivity contribution < 1.29 is 4.79 Å². The van der Waals surface area contributed by atoms with Crippen LogP contribution in [0.25, 0.3) is 0 Å². The molecule has 4 nitrogen and oxygen atoms in total. The molecule has 23 heavy (non-hydrogen) atoms. The van der Waals surface area contributed by atoms with Crippen LogP contribution in [-0.4, -0.2) is 54.5 Å². The molecule has 1 saturated heterocycles. The molecule has 1 aliphatic heterocycles. The van der Waals surface area contributed by atoms with Gasteiger partial charge in [0.15, 0.2) is 0 Å². The number of carbonyl (C=O) groups is 1. The average Bonchev–Trinajstić information content (AvgIpc) is 2.53. The Labute approximate surface area is 140 Å². The molecular formula is C19H31N3O. The van der Waals surface area contributed by atoms with Crippen LogP contribution in [0.1, 0.15) is 37.8 Å². The third-order valence-corrected chi connectivity index (χ3v) is 4.66. The molecule has 0 bridgehead atoms. The summed E-state index contributed by atoms with van der Waals surface area (Å²) >= 11 is 0. The van der Waals surface area contributed by atoms with Gasteiger partial charge in [0, 0.05) is 25.3 Å². The fraction of sp³-hybridized carbons (Fsp3) is 0.632. The molecule has 0 saturated carbocycles. The molecule has 1 unspecified atom stereocenters. The van der Waals surface area contributed by atoms with Crippen molar-refractivity contribution >= 4 is 11.6 Å². The molecule has 1 aromatic carbocycles. The molecule has 128 valence electrons. The number of aryl methyl sites for hydroxylation is 2. The van der Waals surface area contributed by atoms with E-state index in [4.69, 9.17) is 0 Å². The van der Waals surface area contributed by atoms with Crippen LogP contribution in [0.15, 0.2) is 18.2 Å². The van der Waals surface area contributed by atoms with E-state index < -0.39 is 0 Å². The monoisotopic (exact) mass is 317 g/mol. The predicted molar refractivity (Wildman–Crippen MR) is 96.9 cm³/mol. The number of para-hydroxylation sites is 1. The van der Waals surface area contributed by atoms with Gasteiger partial charge in [0.2, 0.25) is 5.91 Å². The highest BCUT2D eigenvalue weighted by atomic mass is 16.2. The number of rotatable bonds is 6. The summed E-state index contributed by atoms with van der Waals surface area (Å²) in [5, 5.41) is 3.19. The van der Waals surface area contributed by atoms with E-state index in [0.717, 1.165) is 62.4 Å². The number of piperazine rings is 1. The Kier molecular flexibility index (Phi) is 6.60. The zero-order chi connectivity index (χ0) is 16.8. The molecule has 0 aliphatic carbocycles. The lowest BCUT2D eigenvalue weighted by atomic mass is 10.1. The Hall–Kier alpha value is -1.39. The fourth-order valence-electron chi connectivity index (χ4n) is 3.42. The highest BCUT2D eigenvalue weighted by Crippen LogP contribution is 2.21. The SMILES string of the molecule is CCCN1CCN(CCC)C(C(=O)Nc2c(C)cccc2C)C1. The Morgan fingerprint density at radius 3 is 2.39 bits per heavy atom. The minimum absolute atomic E-state index is 0.0470. The second-order valence-electron chi connectivity index (χ2n) is 6.61. The molecule has 4 heteroatoms. The minimum Gasteiger partial charge on any atom is -0.324 e. The molecule has 0 aromatic heterocycles. The molecule has 1 fully saturated rings. The van der Waals surface area contributed by atoms with Gasteiger partial charge >= 0.3 is 0 Å². The van der Waals surface area contributed by atoms with Crippen molar-refractivity contribution in [1.82, 2.24) is 9.80 Å². The summed E-state index contributed by atoms with van der Waals surface area (Å²) in [5.74, 6) is 0.136. The van der Waals surface area contributed by atoms with Crippen molar-refractivity contribution in [3.05, 3.63) is 29.3 Å². The summed E-state index contributed by atoms with van der Waals surface area (Å²) < 4.78 is 0. The third kappa shape index (κ3) is 4.55. The normalized spacial score (nSPS) is 19.7. The molecule has 1 aromatic rings. The van der Waals surface area contributed by atoms with E-state index in [2.05, 4.69) is 54.9 Å². The van der Waals surface area contributed by atoms with Crippen molar-refractivity contribution in [2.24, 2.45) is 0 Å². The second-order valence-corrected chi connectivity index (χ2v) is 6.61. The van der Waals surface area contributed by atoms with Gasteiger partial charge in [0.1, 0.15) is 6.04 Å². The maximum atomic E-state index is 12.9. The van der Waals surface area contributed by atoms with Crippen LogP contribution in [0.5, 0.6) is 0 Å². The molecule has 2 rings (SSSR count). The van der Waals surface area contributed by atoms with E-state index in [1.54, 1.807) is 0 Å². The van der Waals surface area contributed by atoms with Gasteiger partial charge in [-0.3, -0.25) is 14.6 Å². The quantitative estimate of drug-likeness (QED) is 0.876. The summed E-state index contributed by atoms with van der Waals surface area (Å²) in [4.78, 5) is 17.7. The Morgan fingerprint density at radius 2 is 1.78 bits per heavy atom. The first-order chi connectivity index (χ1) is 11.1. The topological polar surface area (TPSA) is 35.6 Å². The van der Waals surface area contributed by atoms with Crippen LogP contribution < -0.4 is 5.32 Å². The highest BCUT2D eigenvalue weighted by Gasteiger charge is 2.31. The number of amides is 1. The zero-order valence-electron chi connectivity index (χ0n) is 15.1. The van der Waals surface area contributed by atoms with Gasteiger partial charge in [-0.1, -0.05) is 32.0 Å². The van der Waals surface area contributed by atoms with Crippen molar-refractivity contribution in [3.8, 4) is 0 Å². The van der Waals surface area contributed by atoms with Crippen molar-refractivity contribution in [3.63, 3.8) is 0 Å². The number of nitrogens with zero attached hydrogens (tertiary/aromatic N) is 2. The van der Waals surface area contributed by atoms with E-state index in [1.807, 2.05) is 6.07 Å². The first-order valence-corrected chi connectivity index (χ1v) is 8.90. The van der Waals surface area contributed by atoms with Crippen LogP contribution in [0, 0.1) is 13.8 Å². The number of nitrogens with one attached hydrogen (secondary N) is 1. The standard InChI is InChI=1S/C19H31N3O/c1-5-10-21-12-13-22(11-6-2)17(14-21)19(23)20-18-15(3)8-7-9-16(18)4/h7-9,17H,5-6,10-14H2,1-4H3,(H,20,23). The summed E-state index contributed by atoms with van der Waals surface area (Å²) in [6, 6.07) is 6.09. The van der Waals surface area contributed by atoms with E-state index in [9.17, 15) is 4.79 Å². The Balaban J connectivity index is 2.12. The Bertz CT molecular complexity index is 509. The summed E-state index contributed by atoms with van der Waals surface area (Å²) in [5.41, 5.74) is 3.23. The van der Waals surface area contributed by atoms with E-state index >= 15 is 0 Å². The van der Waals surface area contributed by atoms with Crippen LogP contribution in [-0.2, 0) is 4.79 Å². The highest BCUT2D eigenvalue weighted by molar-refractivity contribution is 5.96. The number of hydrogen-bond donors (Lipinski definition) is 1. The molecule has 0 radical (unpaired) electrons. The number of hydrogen-bond acceptors (Lipinski definition) is 3. The minimum atomic E-state index is -0.0470. The van der Waals surface area contributed by atoms with E-state index in [1.165, 1.54) is 0 Å². The lowest BCUT2D eigenvalue weighted by Crippen LogP contribution is -2.57. The number of benzene rings is 1. The first-order valence-electron chi connectivity index (χ1n) is 8.90. The number of carbonyl (C=O) groups excluding carboxylic acids is 1. The van der Waals surface area contributed by atoms with E-state index in [-0.39, 0.29) is 11.9 Å². The van der Waals surface area contributed by atoms with Gasteiger partial charge in [-0.2, -0.15) is 0 Å². The fourth-order valence-corrected chi connectivity index (χ4v) is 3.42. The number of anilines is 1. The molecule has 0 spiro atoms. The largest absolute Gasteiger partial charge is 0.324 e. The average molecular weight is 317 g/mol. The van der Waals surface area contributed by atoms with Gasteiger partial charge in [0.25, 0.3) is 0 Å². The molecule has 1 amide bonds. The van der Waals surface area contributed by atoms with Crippen LogP contribution in [0.4, 0.5) is 5.69 Å². The molecule has 1 N–H and O–H groups in total. The van der Waals surface area contributed by atoms with Crippen molar-refractivity contribution in [2.75, 3.05) is 38.0 Å².